The number of anilines is 3. The van der Waals surface area contributed by atoms with E-state index in [1.165, 1.54) is 6.92 Å². The van der Waals surface area contributed by atoms with Crippen LogP contribution in [0.2, 0.25) is 0 Å². The van der Waals surface area contributed by atoms with Gasteiger partial charge in [-0.25, -0.2) is 4.99 Å². The van der Waals surface area contributed by atoms with Crippen molar-refractivity contribution in [3.05, 3.63) is 83.4 Å². The van der Waals surface area contributed by atoms with Crippen LogP contribution in [-0.2, 0) is 9.54 Å². The second-order valence-corrected chi connectivity index (χ2v) is 10.8. The van der Waals surface area contributed by atoms with Gasteiger partial charge in [-0.1, -0.05) is 42.1 Å². The number of fused-ring (bicyclic) bond motifs is 1. The van der Waals surface area contributed by atoms with Crippen molar-refractivity contribution in [3.8, 4) is 0 Å². The van der Waals surface area contributed by atoms with Crippen LogP contribution in [0, 0.1) is 0 Å². The Labute approximate surface area is 225 Å². The van der Waals surface area contributed by atoms with Crippen LogP contribution < -0.4 is 20.0 Å². The molecule has 0 unspecified atom stereocenters. The van der Waals surface area contributed by atoms with Crippen molar-refractivity contribution in [1.82, 2.24) is 5.32 Å². The maximum absolute atomic E-state index is 12.2. The molecule has 194 valence electrons. The first-order valence-corrected chi connectivity index (χ1v) is 13.5. The molecular formula is C30H37N5OS. The number of benzene rings is 3. The summed E-state index contributed by atoms with van der Waals surface area (Å²) in [7, 11) is 8.19. The number of nitrogens with zero attached hydrogens (tertiary/aromatic N) is 4. The average Bonchev–Trinajstić information content (AvgIpc) is 2.88. The van der Waals surface area contributed by atoms with Crippen molar-refractivity contribution < 1.29 is 4.79 Å². The number of nitrogens with one attached hydrogen (secondary N) is 1. The van der Waals surface area contributed by atoms with Crippen molar-refractivity contribution in [2.45, 2.75) is 25.5 Å². The fraction of sp³-hybridized carbons (Fsp3) is 0.333. The van der Waals surface area contributed by atoms with Crippen LogP contribution >= 0.6 is 11.8 Å². The zero-order valence-electron chi connectivity index (χ0n) is 22.9. The maximum Gasteiger partial charge on any atom is 0.222 e. The molecule has 0 bridgehead atoms. The van der Waals surface area contributed by atoms with Crippen molar-refractivity contribution in [2.24, 2.45) is 4.99 Å². The third-order valence-corrected chi connectivity index (χ3v) is 8.21. The Morgan fingerprint density at radius 3 is 1.73 bits per heavy atom. The smallest absolute Gasteiger partial charge is 0.222 e. The van der Waals surface area contributed by atoms with Gasteiger partial charge in [0.1, 0.15) is 4.75 Å². The molecule has 1 amide bonds. The van der Waals surface area contributed by atoms with Crippen molar-refractivity contribution in [2.75, 3.05) is 56.0 Å². The first-order valence-electron chi connectivity index (χ1n) is 12.7. The predicted molar refractivity (Wildman–Crippen MR) is 160 cm³/mol. The van der Waals surface area contributed by atoms with Crippen molar-refractivity contribution in [3.63, 3.8) is 0 Å². The maximum atomic E-state index is 12.2. The lowest BCUT2D eigenvalue weighted by atomic mass is 9.82. The molecule has 1 aliphatic heterocycles. The minimum Gasteiger partial charge on any atom is -0.378 e. The van der Waals surface area contributed by atoms with Crippen LogP contribution in [0.25, 0.3) is 0 Å². The van der Waals surface area contributed by atoms with E-state index in [0.717, 1.165) is 52.5 Å². The summed E-state index contributed by atoms with van der Waals surface area (Å²) in [6, 6.07) is 24.0. The highest BCUT2D eigenvalue weighted by atomic mass is 32.2. The van der Waals surface area contributed by atoms with Crippen LogP contribution in [0.3, 0.4) is 0 Å². The van der Waals surface area contributed by atoms with Crippen LogP contribution in [0.15, 0.2) is 71.7 Å². The molecule has 0 fully saturated rings. The fourth-order valence-electron chi connectivity index (χ4n) is 4.82. The van der Waals surface area contributed by atoms with Gasteiger partial charge in [0, 0.05) is 70.8 Å². The van der Waals surface area contributed by atoms with E-state index < -0.39 is 4.75 Å². The number of amides is 1. The zero-order chi connectivity index (χ0) is 26.7. The standard InChI is InChI=1S/C30H37N5OS/c1-8-35(9-2)26-18-19-27-28(20-26)32-29(31-21(3)36)37-30(27,22-10-14-24(15-11-22)33(4)5)23-12-16-25(17-13-23)34(6)7/h10-20H,8-9H2,1-7H3,(H,31,32,36). The summed E-state index contributed by atoms with van der Waals surface area (Å²) in [4.78, 5) is 23.6. The molecule has 0 atom stereocenters. The zero-order valence-corrected chi connectivity index (χ0v) is 23.7. The van der Waals surface area contributed by atoms with Gasteiger partial charge in [0.05, 0.1) is 5.69 Å². The highest BCUT2D eigenvalue weighted by molar-refractivity contribution is 8.15. The number of thioether (sulfide) groups is 1. The molecule has 0 aromatic heterocycles. The van der Waals surface area contributed by atoms with E-state index in [1.54, 1.807) is 11.8 Å². The Balaban J connectivity index is 2.00. The number of carbonyl (C=O) groups is 1. The van der Waals surface area contributed by atoms with E-state index in [9.17, 15) is 4.79 Å². The van der Waals surface area contributed by atoms with Crippen LogP contribution in [0.1, 0.15) is 37.5 Å². The van der Waals surface area contributed by atoms with E-state index in [2.05, 4.69) is 101 Å². The van der Waals surface area contributed by atoms with E-state index in [4.69, 9.17) is 4.99 Å². The molecule has 0 aliphatic carbocycles. The van der Waals surface area contributed by atoms with Gasteiger partial charge in [-0.3, -0.25) is 4.79 Å². The molecule has 7 heteroatoms. The van der Waals surface area contributed by atoms with Crippen LogP contribution in [0.5, 0.6) is 0 Å². The van der Waals surface area contributed by atoms with Crippen molar-refractivity contribution >= 4 is 45.6 Å². The Morgan fingerprint density at radius 2 is 1.30 bits per heavy atom. The molecule has 3 aromatic rings. The Bertz CT molecular complexity index is 1230. The Kier molecular flexibility index (Phi) is 7.83. The highest BCUT2D eigenvalue weighted by Crippen LogP contribution is 2.55. The van der Waals surface area contributed by atoms with E-state index in [0.29, 0.717) is 5.17 Å². The van der Waals surface area contributed by atoms with Gasteiger partial charge >= 0.3 is 0 Å². The molecule has 6 nitrogen and oxygen atoms in total. The summed E-state index contributed by atoms with van der Waals surface area (Å²) in [5, 5.41) is 3.60. The number of rotatable bonds is 7. The minimum absolute atomic E-state index is 0.130. The molecule has 0 spiro atoms. The lowest BCUT2D eigenvalue weighted by Gasteiger charge is -2.39. The Morgan fingerprint density at radius 1 is 0.811 bits per heavy atom. The summed E-state index contributed by atoms with van der Waals surface area (Å²) in [5.74, 6) is -0.130. The van der Waals surface area contributed by atoms with Gasteiger partial charge < -0.3 is 20.0 Å². The van der Waals surface area contributed by atoms with E-state index >= 15 is 0 Å². The molecule has 0 saturated heterocycles. The van der Waals surface area contributed by atoms with E-state index in [1.807, 2.05) is 28.2 Å². The van der Waals surface area contributed by atoms with Crippen LogP contribution in [0.4, 0.5) is 22.7 Å². The van der Waals surface area contributed by atoms with Crippen molar-refractivity contribution in [1.29, 1.82) is 0 Å². The minimum atomic E-state index is -0.591. The normalized spacial score (nSPS) is 13.9. The topological polar surface area (TPSA) is 51.2 Å². The predicted octanol–water partition coefficient (Wildman–Crippen LogP) is 5.83. The fourth-order valence-corrected chi connectivity index (χ4v) is 6.24. The summed E-state index contributed by atoms with van der Waals surface area (Å²) >= 11 is 1.59. The first kappa shape index (κ1) is 26.6. The molecule has 1 aliphatic rings. The van der Waals surface area contributed by atoms with Gasteiger partial charge in [0.2, 0.25) is 5.91 Å². The second kappa shape index (κ2) is 10.9. The molecule has 37 heavy (non-hydrogen) atoms. The quantitative estimate of drug-likeness (QED) is 0.429. The number of hydrogen-bond donors (Lipinski definition) is 1. The lowest BCUT2D eigenvalue weighted by Crippen LogP contribution is -2.36. The van der Waals surface area contributed by atoms with Gasteiger partial charge in [0.25, 0.3) is 0 Å². The number of carbonyl (C=O) groups excluding carboxylic acids is 1. The summed E-state index contributed by atoms with van der Waals surface area (Å²) in [6.45, 7) is 7.68. The van der Waals surface area contributed by atoms with E-state index in [-0.39, 0.29) is 5.91 Å². The van der Waals surface area contributed by atoms with Gasteiger partial charge in [-0.15, -0.1) is 0 Å². The first-order chi connectivity index (χ1) is 17.7. The SMILES string of the molecule is CCN(CC)c1ccc2c(c1)N=C(NC(C)=O)SC2(c1ccc(N(C)C)cc1)c1ccc(N(C)C)cc1. The molecule has 4 rings (SSSR count). The number of aliphatic imine (C=N–C) groups is 1. The molecule has 0 radical (unpaired) electrons. The molecule has 3 aromatic carbocycles. The lowest BCUT2D eigenvalue weighted by molar-refractivity contribution is -0.117. The van der Waals surface area contributed by atoms with Crippen LogP contribution in [-0.4, -0.2) is 52.4 Å². The average molecular weight is 516 g/mol. The summed E-state index contributed by atoms with van der Waals surface area (Å²) in [6.07, 6.45) is 0. The second-order valence-electron chi connectivity index (χ2n) is 9.64. The molecule has 1 heterocycles. The number of amidine groups is 1. The third kappa shape index (κ3) is 5.18. The summed E-state index contributed by atoms with van der Waals surface area (Å²) < 4.78 is -0.591. The highest BCUT2D eigenvalue weighted by Gasteiger charge is 2.43. The van der Waals surface area contributed by atoms with Gasteiger partial charge in [-0.2, -0.15) is 0 Å². The molecule has 0 saturated carbocycles. The van der Waals surface area contributed by atoms with Gasteiger partial charge in [0.15, 0.2) is 5.17 Å². The molecular weight excluding hydrogens is 478 g/mol. The molecule has 1 N–H and O–H groups in total. The largest absolute Gasteiger partial charge is 0.378 e. The third-order valence-electron chi connectivity index (χ3n) is 6.82. The monoisotopic (exact) mass is 515 g/mol. The number of hydrogen-bond acceptors (Lipinski definition) is 6. The van der Waals surface area contributed by atoms with Gasteiger partial charge in [-0.05, 0) is 61.4 Å². The summed E-state index contributed by atoms with van der Waals surface area (Å²) in [5.41, 5.74) is 7.65. The Hall–Kier alpha value is -3.45.